The summed E-state index contributed by atoms with van der Waals surface area (Å²) < 4.78 is 13.2. The third kappa shape index (κ3) is 3.87. The monoisotopic (exact) mass is 478 g/mol. The highest BCUT2D eigenvalue weighted by molar-refractivity contribution is 6.70. The summed E-state index contributed by atoms with van der Waals surface area (Å²) in [6, 6.07) is 0. The number of fused-ring (bicyclic) bond motifs is 5. The number of rotatable bonds is 4. The lowest BCUT2D eigenvalue weighted by atomic mass is 9.48. The SMILES string of the molecule is C[C@]12C=CC(O[Si](C)(C)C)=C(Cl)C1=CCC1C2CC[C@@]2(C)C1CC[C@]2(C)O[Si](C)(C)C. The maximum absolute atomic E-state index is 6.98. The van der Waals surface area contributed by atoms with E-state index in [1.807, 2.05) is 0 Å². The number of hydrogen-bond acceptors (Lipinski definition) is 2. The van der Waals surface area contributed by atoms with Gasteiger partial charge in [0.05, 0.1) is 10.6 Å². The molecule has 0 aromatic carbocycles. The molecule has 4 aliphatic carbocycles. The zero-order valence-electron chi connectivity index (χ0n) is 21.2. The van der Waals surface area contributed by atoms with E-state index >= 15 is 0 Å². The van der Waals surface area contributed by atoms with Crippen LogP contribution < -0.4 is 0 Å². The van der Waals surface area contributed by atoms with Crippen LogP contribution in [-0.4, -0.2) is 22.2 Å². The summed E-state index contributed by atoms with van der Waals surface area (Å²) in [5.74, 6) is 2.99. The van der Waals surface area contributed by atoms with Gasteiger partial charge in [-0.05, 0) is 113 Å². The van der Waals surface area contributed by atoms with Crippen LogP contribution >= 0.6 is 11.6 Å². The molecular weight excluding hydrogens is 436 g/mol. The molecule has 6 atom stereocenters. The average molecular weight is 479 g/mol. The van der Waals surface area contributed by atoms with Gasteiger partial charge in [-0.15, -0.1) is 0 Å². The third-order valence-electron chi connectivity index (χ3n) is 8.89. The lowest BCUT2D eigenvalue weighted by Gasteiger charge is -2.58. The van der Waals surface area contributed by atoms with Gasteiger partial charge in [-0.25, -0.2) is 0 Å². The zero-order valence-corrected chi connectivity index (χ0v) is 24.0. The van der Waals surface area contributed by atoms with E-state index in [0.717, 1.165) is 23.1 Å². The van der Waals surface area contributed by atoms with Crippen molar-refractivity contribution < 1.29 is 8.85 Å². The molecule has 0 bridgehead atoms. The predicted molar refractivity (Wildman–Crippen MR) is 137 cm³/mol. The lowest BCUT2D eigenvalue weighted by molar-refractivity contribution is -0.0964. The molecule has 4 rings (SSSR count). The summed E-state index contributed by atoms with van der Waals surface area (Å²) in [4.78, 5) is 0. The van der Waals surface area contributed by atoms with Gasteiger partial charge in [0.1, 0.15) is 5.76 Å². The minimum atomic E-state index is -1.70. The Balaban J connectivity index is 1.66. The van der Waals surface area contributed by atoms with Crippen LogP contribution in [0, 0.1) is 28.6 Å². The molecule has 0 amide bonds. The van der Waals surface area contributed by atoms with Crippen molar-refractivity contribution in [3.05, 3.63) is 34.6 Å². The molecule has 31 heavy (non-hydrogen) atoms. The van der Waals surface area contributed by atoms with Crippen LogP contribution in [0.15, 0.2) is 34.6 Å². The van der Waals surface area contributed by atoms with Crippen molar-refractivity contribution in [2.75, 3.05) is 0 Å². The Morgan fingerprint density at radius 2 is 1.58 bits per heavy atom. The highest BCUT2D eigenvalue weighted by Gasteiger charge is 2.63. The number of halogens is 1. The van der Waals surface area contributed by atoms with E-state index in [-0.39, 0.29) is 16.4 Å². The Bertz CT molecular complexity index is 848. The normalized spacial score (nSPS) is 42.6. The van der Waals surface area contributed by atoms with Crippen molar-refractivity contribution >= 4 is 28.2 Å². The first-order chi connectivity index (χ1) is 14.1. The van der Waals surface area contributed by atoms with Crippen LogP contribution in [-0.2, 0) is 8.85 Å². The third-order valence-corrected chi connectivity index (χ3v) is 11.2. The fourth-order valence-electron chi connectivity index (χ4n) is 7.51. The molecule has 0 aromatic rings. The van der Waals surface area contributed by atoms with Crippen LogP contribution in [0.5, 0.6) is 0 Å². The molecule has 0 spiro atoms. The Morgan fingerprint density at radius 3 is 2.19 bits per heavy atom. The second-order valence-corrected chi connectivity index (χ2v) is 22.4. The molecule has 0 aromatic heterocycles. The van der Waals surface area contributed by atoms with Gasteiger partial charge < -0.3 is 8.85 Å². The fourth-order valence-corrected chi connectivity index (χ4v) is 10.5. The minimum Gasteiger partial charge on any atom is -0.543 e. The van der Waals surface area contributed by atoms with Gasteiger partial charge >= 0.3 is 0 Å². The molecule has 2 fully saturated rings. The van der Waals surface area contributed by atoms with Crippen LogP contribution in [0.1, 0.15) is 52.9 Å². The first-order valence-corrected chi connectivity index (χ1v) is 19.5. The van der Waals surface area contributed by atoms with E-state index in [4.69, 9.17) is 20.5 Å². The van der Waals surface area contributed by atoms with Gasteiger partial charge in [-0.1, -0.05) is 37.6 Å². The molecule has 4 aliphatic rings. The number of allylic oxidation sites excluding steroid dienone is 5. The molecule has 0 heterocycles. The summed E-state index contributed by atoms with van der Waals surface area (Å²) in [6.45, 7) is 21.1. The minimum absolute atomic E-state index is 0.0201. The van der Waals surface area contributed by atoms with Crippen LogP contribution in [0.3, 0.4) is 0 Å². The molecule has 2 saturated carbocycles. The van der Waals surface area contributed by atoms with E-state index < -0.39 is 16.6 Å². The Labute approximate surface area is 197 Å². The van der Waals surface area contributed by atoms with Crippen LogP contribution in [0.25, 0.3) is 0 Å². The molecule has 0 radical (unpaired) electrons. The van der Waals surface area contributed by atoms with E-state index in [1.165, 1.54) is 31.3 Å². The molecule has 0 N–H and O–H groups in total. The molecule has 5 heteroatoms. The van der Waals surface area contributed by atoms with Crippen LogP contribution in [0.2, 0.25) is 39.3 Å². The Hall–Kier alpha value is -0.296. The quantitative estimate of drug-likeness (QED) is 0.378. The van der Waals surface area contributed by atoms with Gasteiger partial charge in [0.2, 0.25) is 8.32 Å². The van der Waals surface area contributed by atoms with Crippen molar-refractivity contribution in [2.45, 2.75) is 97.8 Å². The molecular formula is C26H43ClO2Si2. The standard InChI is InChI=1S/C26H43ClO2Si2/c1-24-15-14-22(28-30(4,5)6)23(27)21(24)11-10-18-19(24)12-16-25(2)20(18)13-17-26(25,3)29-31(7,8)9/h11,14-15,18-20H,10,12-13,16-17H2,1-9H3/t18?,19?,20?,24-,25+,26+/m1/s1. The Kier molecular flexibility index (Phi) is 5.65. The predicted octanol–water partition coefficient (Wildman–Crippen LogP) is 8.25. The van der Waals surface area contributed by atoms with Crippen molar-refractivity contribution in [1.82, 2.24) is 0 Å². The van der Waals surface area contributed by atoms with Gasteiger partial charge in [-0.2, -0.15) is 0 Å². The van der Waals surface area contributed by atoms with Crippen molar-refractivity contribution in [2.24, 2.45) is 28.6 Å². The maximum atomic E-state index is 6.98. The number of hydrogen-bond donors (Lipinski definition) is 0. The van der Waals surface area contributed by atoms with E-state index in [9.17, 15) is 0 Å². The summed E-state index contributed by atoms with van der Waals surface area (Å²) >= 11 is 6.98. The van der Waals surface area contributed by atoms with E-state index in [2.05, 4.69) is 78.3 Å². The molecule has 2 nitrogen and oxygen atoms in total. The molecule has 3 unspecified atom stereocenters. The molecule has 0 aliphatic heterocycles. The van der Waals surface area contributed by atoms with Gasteiger partial charge in [-0.3, -0.25) is 0 Å². The highest BCUT2D eigenvalue weighted by atomic mass is 35.5. The summed E-state index contributed by atoms with van der Waals surface area (Å²) in [7, 11) is -3.29. The smallest absolute Gasteiger partial charge is 0.242 e. The van der Waals surface area contributed by atoms with E-state index in [0.29, 0.717) is 11.8 Å². The fraction of sp³-hybridized carbons (Fsp3) is 0.769. The lowest BCUT2D eigenvalue weighted by Crippen LogP contribution is -2.56. The topological polar surface area (TPSA) is 18.5 Å². The van der Waals surface area contributed by atoms with Crippen molar-refractivity contribution in [1.29, 1.82) is 0 Å². The molecule has 174 valence electrons. The summed E-state index contributed by atoms with van der Waals surface area (Å²) in [5, 5.41) is 0.859. The summed E-state index contributed by atoms with van der Waals surface area (Å²) in [5.41, 5.74) is 1.64. The van der Waals surface area contributed by atoms with Crippen molar-refractivity contribution in [3.63, 3.8) is 0 Å². The second kappa shape index (κ2) is 7.35. The highest BCUT2D eigenvalue weighted by Crippen LogP contribution is 2.67. The maximum Gasteiger partial charge on any atom is 0.242 e. The second-order valence-electron chi connectivity index (χ2n) is 13.2. The van der Waals surface area contributed by atoms with Gasteiger partial charge in [0.15, 0.2) is 8.32 Å². The van der Waals surface area contributed by atoms with Gasteiger partial charge in [0, 0.05) is 5.41 Å². The largest absolute Gasteiger partial charge is 0.543 e. The first kappa shape index (κ1) is 23.8. The van der Waals surface area contributed by atoms with Crippen molar-refractivity contribution in [3.8, 4) is 0 Å². The zero-order chi connectivity index (χ0) is 23.0. The van der Waals surface area contributed by atoms with Crippen LogP contribution in [0.4, 0.5) is 0 Å². The molecule has 0 saturated heterocycles. The average Bonchev–Trinajstić information content (AvgIpc) is 2.86. The first-order valence-electron chi connectivity index (χ1n) is 12.3. The Morgan fingerprint density at radius 1 is 0.935 bits per heavy atom. The van der Waals surface area contributed by atoms with E-state index in [1.54, 1.807) is 0 Å². The summed E-state index contributed by atoms with van der Waals surface area (Å²) in [6.07, 6.45) is 13.2. The van der Waals surface area contributed by atoms with Gasteiger partial charge in [0.25, 0.3) is 0 Å².